The van der Waals surface area contributed by atoms with E-state index in [4.69, 9.17) is 13.9 Å². The number of aromatic hydroxyl groups is 1. The molecule has 220 valence electrons. The first kappa shape index (κ1) is 27.9. The van der Waals surface area contributed by atoms with Gasteiger partial charge in [0.1, 0.15) is 47.2 Å². The summed E-state index contributed by atoms with van der Waals surface area (Å²) in [5, 5.41) is 14.3. The summed E-state index contributed by atoms with van der Waals surface area (Å²) in [5.41, 5.74) is 2.70. The monoisotopic (exact) mass is 573 g/mol. The van der Waals surface area contributed by atoms with Crippen LogP contribution in [-0.2, 0) is 4.74 Å². The van der Waals surface area contributed by atoms with Gasteiger partial charge in [0.15, 0.2) is 11.6 Å². The summed E-state index contributed by atoms with van der Waals surface area (Å²) in [6.07, 6.45) is 7.12. The fourth-order valence-electron chi connectivity index (χ4n) is 5.97. The highest BCUT2D eigenvalue weighted by atomic mass is 19.1. The van der Waals surface area contributed by atoms with Gasteiger partial charge in [-0.1, -0.05) is 26.0 Å². The van der Waals surface area contributed by atoms with Crippen LogP contribution in [0.25, 0.3) is 0 Å². The molecule has 42 heavy (non-hydrogen) atoms. The van der Waals surface area contributed by atoms with E-state index < -0.39 is 17.8 Å². The number of aryl methyl sites for hydroxylation is 2. The zero-order chi connectivity index (χ0) is 29.6. The van der Waals surface area contributed by atoms with Crippen LogP contribution >= 0.6 is 0 Å². The number of amides is 1. The van der Waals surface area contributed by atoms with Crippen LogP contribution in [0.5, 0.6) is 11.5 Å². The molecule has 0 radical (unpaired) electrons. The Morgan fingerprint density at radius 3 is 2.79 bits per heavy atom. The molecule has 0 spiro atoms. The molecule has 0 saturated heterocycles. The predicted molar refractivity (Wildman–Crippen MR) is 157 cm³/mol. The van der Waals surface area contributed by atoms with E-state index in [0.717, 1.165) is 19.3 Å². The Kier molecular flexibility index (Phi) is 7.20. The zero-order valence-corrected chi connectivity index (χ0v) is 24.4. The maximum absolute atomic E-state index is 16.2. The minimum atomic E-state index is -0.995. The van der Waals surface area contributed by atoms with Gasteiger partial charge in [-0.25, -0.2) is 9.37 Å². The molecule has 1 aliphatic carbocycles. The quantitative estimate of drug-likeness (QED) is 0.241. The molecular formula is C33H36FN3O5. The van der Waals surface area contributed by atoms with Gasteiger partial charge < -0.3 is 24.3 Å². The number of hydrogen-bond acceptors (Lipinski definition) is 7. The van der Waals surface area contributed by atoms with Crippen molar-refractivity contribution in [2.45, 2.75) is 65.8 Å². The summed E-state index contributed by atoms with van der Waals surface area (Å²) in [4.78, 5) is 20.2. The smallest absolute Gasteiger partial charge is 0.281 e. The largest absolute Gasteiger partial charge is 0.506 e. The lowest BCUT2D eigenvalue weighted by molar-refractivity contribution is 0.0756. The van der Waals surface area contributed by atoms with Gasteiger partial charge in [-0.15, -0.1) is 0 Å². The average molecular weight is 574 g/mol. The zero-order valence-electron chi connectivity index (χ0n) is 24.4. The molecule has 3 aliphatic rings. The molecule has 3 heterocycles. The van der Waals surface area contributed by atoms with Crippen molar-refractivity contribution in [3.63, 3.8) is 0 Å². The lowest BCUT2D eigenvalue weighted by atomic mass is 9.85. The van der Waals surface area contributed by atoms with Crippen molar-refractivity contribution in [3.8, 4) is 11.5 Å². The first-order valence-corrected chi connectivity index (χ1v) is 14.4. The molecule has 1 amide bonds. The minimum absolute atomic E-state index is 0.0459. The second-order valence-corrected chi connectivity index (χ2v) is 12.1. The van der Waals surface area contributed by atoms with Crippen LogP contribution in [-0.4, -0.2) is 29.2 Å². The number of aromatic nitrogens is 1. The van der Waals surface area contributed by atoms with Gasteiger partial charge in [-0.05, 0) is 68.9 Å². The number of anilines is 2. The number of fused-ring (bicyclic) bond motifs is 1. The van der Waals surface area contributed by atoms with Gasteiger partial charge in [0.25, 0.3) is 5.91 Å². The number of para-hydroxylation sites is 1. The number of ether oxygens (including phenoxy) is 2. The molecule has 2 aromatic carbocycles. The summed E-state index contributed by atoms with van der Waals surface area (Å²) in [6, 6.07) is 8.65. The summed E-state index contributed by atoms with van der Waals surface area (Å²) in [7, 11) is 0. The van der Waals surface area contributed by atoms with Crippen molar-refractivity contribution in [2.75, 3.05) is 23.4 Å². The van der Waals surface area contributed by atoms with E-state index in [-0.39, 0.29) is 22.4 Å². The standard InChI is InChI=1S/C33H36FN3O5/c1-19-28(35-20(2)42-19)32(39)37-26-11-8-12-27(38)29(26)36-25-16-33(3,4)18-41-31(25)30(37)23-14-13-22(15-24(23)34)40-17-21-9-6-5-7-10-21/h8-9,11-15,30,36,38H,5-7,10,16-18H2,1-4H3. The van der Waals surface area contributed by atoms with Gasteiger partial charge in [-0.2, -0.15) is 0 Å². The molecule has 0 saturated carbocycles. The van der Waals surface area contributed by atoms with E-state index in [2.05, 4.69) is 30.2 Å². The van der Waals surface area contributed by atoms with Crippen LogP contribution in [0.15, 0.2) is 63.9 Å². The number of nitrogens with one attached hydrogen (secondary N) is 1. The Hall–Kier alpha value is -4.27. The number of rotatable bonds is 5. The summed E-state index contributed by atoms with van der Waals surface area (Å²) < 4.78 is 34.1. The molecule has 6 rings (SSSR count). The molecule has 8 nitrogen and oxygen atoms in total. The van der Waals surface area contributed by atoms with E-state index in [1.807, 2.05) is 0 Å². The molecule has 9 heteroatoms. The Balaban J connectivity index is 1.49. The lowest BCUT2D eigenvalue weighted by Crippen LogP contribution is -2.39. The molecular weight excluding hydrogens is 537 g/mol. The summed E-state index contributed by atoms with van der Waals surface area (Å²) >= 11 is 0. The topological polar surface area (TPSA) is 97.1 Å². The molecule has 0 fully saturated rings. The maximum Gasteiger partial charge on any atom is 0.281 e. The second-order valence-electron chi connectivity index (χ2n) is 12.1. The molecule has 2 N–H and O–H groups in total. The Morgan fingerprint density at radius 2 is 2.07 bits per heavy atom. The first-order valence-electron chi connectivity index (χ1n) is 14.4. The SMILES string of the molecule is Cc1nc(C(=O)N2c3cccc(O)c3NC3=C(OCC(C)(C)C3)C2c2ccc(OCC3=CCCCC3)cc2F)c(C)o1. The van der Waals surface area contributed by atoms with E-state index in [1.54, 1.807) is 44.2 Å². The number of phenolic OH excluding ortho intramolecular Hbond substituents is 1. The van der Waals surface area contributed by atoms with Crippen LogP contribution in [0.4, 0.5) is 15.8 Å². The van der Waals surface area contributed by atoms with Crippen molar-refractivity contribution in [1.29, 1.82) is 0 Å². The highest BCUT2D eigenvalue weighted by molar-refractivity contribution is 6.09. The highest BCUT2D eigenvalue weighted by Gasteiger charge is 2.43. The number of hydrogen-bond donors (Lipinski definition) is 2. The van der Waals surface area contributed by atoms with Crippen molar-refractivity contribution < 1.29 is 28.2 Å². The van der Waals surface area contributed by atoms with Crippen molar-refractivity contribution >= 4 is 17.3 Å². The first-order chi connectivity index (χ1) is 20.1. The average Bonchev–Trinajstić information content (AvgIpc) is 3.22. The Labute approximate surface area is 244 Å². The van der Waals surface area contributed by atoms with E-state index in [1.165, 1.54) is 23.0 Å². The van der Waals surface area contributed by atoms with Crippen molar-refractivity contribution in [1.82, 2.24) is 4.98 Å². The third-order valence-corrected chi connectivity index (χ3v) is 8.03. The number of halogens is 1. The maximum atomic E-state index is 16.2. The molecule has 1 atom stereocenters. The summed E-state index contributed by atoms with van der Waals surface area (Å²) in [6.45, 7) is 8.27. The third kappa shape index (κ3) is 5.24. The predicted octanol–water partition coefficient (Wildman–Crippen LogP) is 7.49. The number of allylic oxidation sites excluding steroid dienone is 2. The van der Waals surface area contributed by atoms with Crippen LogP contribution in [0.1, 0.15) is 79.7 Å². The van der Waals surface area contributed by atoms with Crippen LogP contribution < -0.4 is 15.0 Å². The summed E-state index contributed by atoms with van der Waals surface area (Å²) in [5.74, 6) is 0.419. The van der Waals surface area contributed by atoms with Gasteiger partial charge >= 0.3 is 0 Å². The Bertz CT molecular complexity index is 1600. The highest BCUT2D eigenvalue weighted by Crippen LogP contribution is 2.50. The fourth-order valence-corrected chi connectivity index (χ4v) is 5.97. The molecule has 1 unspecified atom stereocenters. The van der Waals surface area contributed by atoms with Crippen LogP contribution in [0.2, 0.25) is 0 Å². The number of phenols is 1. The molecule has 0 bridgehead atoms. The molecule has 2 aliphatic heterocycles. The van der Waals surface area contributed by atoms with Crippen molar-refractivity contribution in [3.05, 3.63) is 88.2 Å². The van der Waals surface area contributed by atoms with E-state index in [0.29, 0.717) is 59.9 Å². The molecule has 1 aromatic heterocycles. The van der Waals surface area contributed by atoms with Crippen LogP contribution in [0, 0.1) is 25.1 Å². The third-order valence-electron chi connectivity index (χ3n) is 8.03. The van der Waals surface area contributed by atoms with Gasteiger partial charge in [0.05, 0.1) is 18.0 Å². The van der Waals surface area contributed by atoms with Gasteiger partial charge in [-0.3, -0.25) is 9.69 Å². The number of oxazole rings is 1. The number of carbonyl (C=O) groups is 1. The van der Waals surface area contributed by atoms with E-state index in [9.17, 15) is 9.90 Å². The lowest BCUT2D eigenvalue weighted by Gasteiger charge is -2.37. The Morgan fingerprint density at radius 1 is 1.24 bits per heavy atom. The van der Waals surface area contributed by atoms with E-state index >= 15 is 4.39 Å². The normalized spacial score (nSPS) is 19.6. The second kappa shape index (κ2) is 10.9. The minimum Gasteiger partial charge on any atom is -0.506 e. The molecule has 3 aromatic rings. The van der Waals surface area contributed by atoms with Gasteiger partial charge in [0, 0.05) is 24.0 Å². The number of nitrogens with zero attached hydrogens (tertiary/aromatic N) is 2. The van der Waals surface area contributed by atoms with Gasteiger partial charge in [0.2, 0.25) is 0 Å². The fraction of sp³-hybridized carbons (Fsp3) is 0.394. The van der Waals surface area contributed by atoms with Crippen LogP contribution in [0.3, 0.4) is 0 Å². The number of benzene rings is 2. The number of carbonyl (C=O) groups excluding carboxylic acids is 1. The van der Waals surface area contributed by atoms with Crippen molar-refractivity contribution in [2.24, 2.45) is 5.41 Å².